The van der Waals surface area contributed by atoms with E-state index in [-0.39, 0.29) is 26.1 Å². The van der Waals surface area contributed by atoms with Crippen LogP contribution >= 0.6 is 0 Å². The molecule has 0 fully saturated rings. The van der Waals surface area contributed by atoms with Crippen LogP contribution in [-0.4, -0.2) is 57.7 Å². The van der Waals surface area contributed by atoms with E-state index in [9.17, 15) is 19.2 Å². The third-order valence-corrected chi connectivity index (χ3v) is 2.80. The van der Waals surface area contributed by atoms with Gasteiger partial charge < -0.3 is 20.4 Å². The molecular weight excluding hydrogens is 372 g/mol. The molecule has 1 rings (SSSR count). The molecule has 0 heterocycles. The molecule has 0 aliphatic carbocycles. The number of carboxylic acids is 2. The number of aliphatic hydroxyl groups excluding tert-OH is 2. The fourth-order valence-electron chi connectivity index (χ4n) is 1.48. The van der Waals surface area contributed by atoms with Crippen molar-refractivity contribution in [2.45, 2.75) is 38.5 Å². The summed E-state index contributed by atoms with van der Waals surface area (Å²) < 4.78 is 0. The van der Waals surface area contributed by atoms with Crippen LogP contribution in [0.3, 0.4) is 0 Å². The minimum atomic E-state index is -0.870. The first kappa shape index (κ1) is 27.1. The quantitative estimate of drug-likeness (QED) is 0.264. The van der Waals surface area contributed by atoms with Crippen LogP contribution in [0.1, 0.15) is 38.5 Å². The molecule has 0 aromatic heterocycles. The highest BCUT2D eigenvalue weighted by molar-refractivity contribution is 5.67. The monoisotopic (exact) mass is 396 g/mol. The van der Waals surface area contributed by atoms with Crippen LogP contribution < -0.4 is 0 Å². The Morgan fingerprint density at radius 3 is 1.25 bits per heavy atom. The highest BCUT2D eigenvalue weighted by atomic mass is 16.4. The smallest absolute Gasteiger partial charge is 0.303 e. The first-order chi connectivity index (χ1) is 13.4. The summed E-state index contributed by atoms with van der Waals surface area (Å²) in [6.07, 6.45) is 5.26. The topological polar surface area (TPSA) is 174 Å². The van der Waals surface area contributed by atoms with Crippen LogP contribution in [0.15, 0.2) is 34.3 Å². The molecule has 0 aliphatic heterocycles. The summed E-state index contributed by atoms with van der Waals surface area (Å²) in [4.78, 5) is 46.1. The van der Waals surface area contributed by atoms with E-state index < -0.39 is 11.9 Å². The van der Waals surface area contributed by atoms with Gasteiger partial charge in [-0.25, -0.2) is 9.59 Å². The molecule has 1 aromatic rings. The van der Waals surface area contributed by atoms with Gasteiger partial charge in [0, 0.05) is 26.1 Å². The van der Waals surface area contributed by atoms with Crippen molar-refractivity contribution in [2.75, 3.05) is 13.2 Å². The Kier molecular flexibility index (Phi) is 19.5. The van der Waals surface area contributed by atoms with E-state index in [2.05, 4.69) is 9.98 Å². The van der Waals surface area contributed by atoms with Crippen LogP contribution in [0, 0.1) is 0 Å². The van der Waals surface area contributed by atoms with E-state index in [1.54, 1.807) is 24.3 Å². The molecule has 0 aliphatic rings. The molecule has 0 unspecified atom stereocenters. The molecule has 0 saturated carbocycles. The average Bonchev–Trinajstić information content (AvgIpc) is 2.66. The van der Waals surface area contributed by atoms with Gasteiger partial charge in [-0.2, -0.15) is 9.98 Å². The lowest BCUT2D eigenvalue weighted by molar-refractivity contribution is -0.139. The van der Waals surface area contributed by atoms with Crippen molar-refractivity contribution in [3.63, 3.8) is 0 Å². The van der Waals surface area contributed by atoms with E-state index in [1.165, 1.54) is 12.2 Å². The second-order valence-electron chi connectivity index (χ2n) is 5.07. The molecule has 0 saturated heterocycles. The summed E-state index contributed by atoms with van der Waals surface area (Å²) in [7, 11) is 0. The van der Waals surface area contributed by atoms with Crippen LogP contribution in [0.25, 0.3) is 0 Å². The SMILES string of the molecule is O=C(O)CCCCC(=O)O.O=C=Nc1ccc(N=C=O)cc1.OCCCCO. The number of aliphatic hydroxyl groups is 2. The number of hydrogen-bond donors (Lipinski definition) is 4. The predicted octanol–water partition coefficient (Wildman–Crippen LogP) is 2.09. The number of aliphatic imine (C=N–C) groups is 2. The molecule has 4 N–H and O–H groups in total. The van der Waals surface area contributed by atoms with E-state index in [0.29, 0.717) is 24.2 Å². The number of nitrogens with zero attached hydrogens (tertiary/aromatic N) is 2. The Morgan fingerprint density at radius 2 is 1.04 bits per heavy atom. The molecule has 10 nitrogen and oxygen atoms in total. The largest absolute Gasteiger partial charge is 0.481 e. The Balaban J connectivity index is 0. The average molecular weight is 396 g/mol. The molecule has 28 heavy (non-hydrogen) atoms. The van der Waals surface area contributed by atoms with Gasteiger partial charge in [0.1, 0.15) is 0 Å². The maximum absolute atomic E-state index is 9.90. The van der Waals surface area contributed by atoms with Gasteiger partial charge in [0.2, 0.25) is 12.2 Å². The minimum Gasteiger partial charge on any atom is -0.481 e. The lowest BCUT2D eigenvalue weighted by atomic mass is 10.2. The summed E-state index contributed by atoms with van der Waals surface area (Å²) >= 11 is 0. The normalized spacial score (nSPS) is 8.64. The van der Waals surface area contributed by atoms with Gasteiger partial charge in [-0.15, -0.1) is 0 Å². The van der Waals surface area contributed by atoms with Crippen molar-refractivity contribution in [3.05, 3.63) is 24.3 Å². The zero-order chi connectivity index (χ0) is 21.6. The van der Waals surface area contributed by atoms with Crippen molar-refractivity contribution < 1.29 is 39.6 Å². The van der Waals surface area contributed by atoms with E-state index in [1.807, 2.05) is 0 Å². The van der Waals surface area contributed by atoms with Gasteiger partial charge in [-0.3, -0.25) is 9.59 Å². The van der Waals surface area contributed by atoms with Gasteiger partial charge >= 0.3 is 11.9 Å². The van der Waals surface area contributed by atoms with Crippen molar-refractivity contribution in [3.8, 4) is 0 Å². The number of rotatable bonds is 10. The van der Waals surface area contributed by atoms with E-state index in [4.69, 9.17) is 20.4 Å². The zero-order valence-electron chi connectivity index (χ0n) is 15.3. The molecule has 0 bridgehead atoms. The summed E-state index contributed by atoms with van der Waals surface area (Å²) in [6.45, 7) is 0.390. The number of aliphatic carboxylic acids is 2. The highest BCUT2D eigenvalue weighted by Gasteiger charge is 1.99. The summed E-state index contributed by atoms with van der Waals surface area (Å²) in [5.41, 5.74) is 0.963. The van der Waals surface area contributed by atoms with E-state index >= 15 is 0 Å². The number of unbranched alkanes of at least 4 members (excludes halogenated alkanes) is 2. The fraction of sp³-hybridized carbons (Fsp3) is 0.444. The lowest BCUT2D eigenvalue weighted by Gasteiger charge is -1.92. The summed E-state index contributed by atoms with van der Waals surface area (Å²) in [6, 6.07) is 6.23. The third-order valence-electron chi connectivity index (χ3n) is 2.80. The Bertz CT molecular complexity index is 591. The second-order valence-corrected chi connectivity index (χ2v) is 5.07. The van der Waals surface area contributed by atoms with Crippen LogP contribution in [-0.2, 0) is 19.2 Å². The van der Waals surface area contributed by atoms with Gasteiger partial charge in [-0.05, 0) is 49.9 Å². The summed E-state index contributed by atoms with van der Waals surface area (Å²) in [5, 5.41) is 32.4. The predicted molar refractivity (Wildman–Crippen MR) is 99.2 cm³/mol. The second kappa shape index (κ2) is 20.2. The van der Waals surface area contributed by atoms with Gasteiger partial charge in [0.05, 0.1) is 11.4 Å². The molecule has 154 valence electrons. The minimum absolute atomic E-state index is 0.0628. The highest BCUT2D eigenvalue weighted by Crippen LogP contribution is 2.17. The Morgan fingerprint density at radius 1 is 0.714 bits per heavy atom. The number of carboxylic acid groups (broad SMARTS) is 2. The van der Waals surface area contributed by atoms with Gasteiger partial charge in [0.25, 0.3) is 0 Å². The third kappa shape index (κ3) is 20.9. The van der Waals surface area contributed by atoms with Crippen molar-refractivity contribution in [2.24, 2.45) is 9.98 Å². The Hall–Kier alpha value is -3.16. The van der Waals surface area contributed by atoms with Crippen LogP contribution in [0.5, 0.6) is 0 Å². The standard InChI is InChI=1S/C8H4N2O2.C6H10O4.C4H10O2/c11-5-9-7-1-2-8(4-3-7)10-6-12;7-5(8)3-1-2-4-6(9)10;5-3-1-2-4-6/h1-4H;1-4H2,(H,7,8)(H,9,10);5-6H,1-4H2. The first-order valence-electron chi connectivity index (χ1n) is 8.32. The number of hydrogen-bond acceptors (Lipinski definition) is 8. The van der Waals surface area contributed by atoms with Crippen LogP contribution in [0.4, 0.5) is 11.4 Å². The van der Waals surface area contributed by atoms with Gasteiger partial charge in [-0.1, -0.05) is 0 Å². The number of benzene rings is 1. The first-order valence-corrected chi connectivity index (χ1v) is 8.32. The van der Waals surface area contributed by atoms with Crippen molar-refractivity contribution in [1.82, 2.24) is 0 Å². The fourth-order valence-corrected chi connectivity index (χ4v) is 1.48. The molecule has 1 aromatic carbocycles. The lowest BCUT2D eigenvalue weighted by Crippen LogP contribution is -1.97. The molecule has 0 spiro atoms. The van der Waals surface area contributed by atoms with Gasteiger partial charge in [0.15, 0.2) is 0 Å². The molecule has 0 atom stereocenters. The van der Waals surface area contributed by atoms with E-state index in [0.717, 1.165) is 12.8 Å². The molecular formula is C18H24N2O8. The van der Waals surface area contributed by atoms with Crippen molar-refractivity contribution >= 4 is 35.5 Å². The maximum Gasteiger partial charge on any atom is 0.303 e. The molecule has 0 radical (unpaired) electrons. The molecule has 10 heteroatoms. The number of carbonyl (C=O) groups is 2. The van der Waals surface area contributed by atoms with Crippen LogP contribution in [0.2, 0.25) is 0 Å². The maximum atomic E-state index is 9.90. The molecule has 0 amide bonds. The van der Waals surface area contributed by atoms with Crippen molar-refractivity contribution in [1.29, 1.82) is 0 Å². The zero-order valence-corrected chi connectivity index (χ0v) is 15.3. The number of isocyanates is 2. The Labute approximate surface area is 161 Å². The summed E-state index contributed by atoms with van der Waals surface area (Å²) in [5.74, 6) is -1.74. The number of carbonyl (C=O) groups excluding carboxylic acids is 2.